The third-order valence-electron chi connectivity index (χ3n) is 4.64. The average Bonchev–Trinajstić information content (AvgIpc) is 2.40. The molecular formula is C16H29NO. The molecule has 2 heteroatoms. The summed E-state index contributed by atoms with van der Waals surface area (Å²) in [6, 6.07) is 2.46. The Morgan fingerprint density at radius 3 is 2.39 bits per heavy atom. The van der Waals surface area contributed by atoms with E-state index in [1.807, 2.05) is 0 Å². The standard InChI is InChI=1S/C16H29NO/c1-3-5-6-8-15(18)16(13-17)11-9-14(7-4-2)10-12-16/h14-15,18H,3-12H2,1-2H3. The Labute approximate surface area is 112 Å². The summed E-state index contributed by atoms with van der Waals surface area (Å²) in [5, 5.41) is 19.8. The zero-order valence-corrected chi connectivity index (χ0v) is 12.1. The second kappa shape index (κ2) is 7.79. The van der Waals surface area contributed by atoms with Crippen LogP contribution in [-0.4, -0.2) is 11.2 Å². The average molecular weight is 251 g/mol. The van der Waals surface area contributed by atoms with E-state index in [0.29, 0.717) is 0 Å². The fraction of sp³-hybridized carbons (Fsp3) is 0.938. The molecule has 1 N–H and O–H groups in total. The van der Waals surface area contributed by atoms with Crippen LogP contribution in [0.15, 0.2) is 0 Å². The summed E-state index contributed by atoms with van der Waals surface area (Å²) in [5.41, 5.74) is -0.433. The molecule has 1 aliphatic rings. The minimum absolute atomic E-state index is 0.406. The van der Waals surface area contributed by atoms with Crippen LogP contribution < -0.4 is 0 Å². The Morgan fingerprint density at radius 1 is 1.22 bits per heavy atom. The topological polar surface area (TPSA) is 44.0 Å². The molecule has 0 saturated heterocycles. The summed E-state index contributed by atoms with van der Waals surface area (Å²) in [6.07, 6.45) is 10.4. The summed E-state index contributed by atoms with van der Waals surface area (Å²) in [7, 11) is 0. The van der Waals surface area contributed by atoms with E-state index in [9.17, 15) is 10.4 Å². The molecule has 0 aromatic heterocycles. The van der Waals surface area contributed by atoms with Gasteiger partial charge in [-0.15, -0.1) is 0 Å². The van der Waals surface area contributed by atoms with Crippen LogP contribution in [0, 0.1) is 22.7 Å². The molecule has 0 radical (unpaired) electrons. The molecule has 0 aromatic rings. The maximum atomic E-state index is 10.3. The Hall–Kier alpha value is -0.550. The molecule has 18 heavy (non-hydrogen) atoms. The van der Waals surface area contributed by atoms with Gasteiger partial charge in [0.2, 0.25) is 0 Å². The van der Waals surface area contributed by atoms with Crippen molar-refractivity contribution in [3.63, 3.8) is 0 Å². The van der Waals surface area contributed by atoms with Crippen LogP contribution in [0.5, 0.6) is 0 Å². The van der Waals surface area contributed by atoms with Gasteiger partial charge in [-0.2, -0.15) is 5.26 Å². The molecule has 1 fully saturated rings. The first-order valence-corrected chi connectivity index (χ1v) is 7.77. The zero-order valence-electron chi connectivity index (χ0n) is 12.1. The number of rotatable bonds is 7. The van der Waals surface area contributed by atoms with Crippen molar-refractivity contribution in [3.05, 3.63) is 0 Å². The van der Waals surface area contributed by atoms with E-state index in [1.54, 1.807) is 0 Å². The molecule has 1 aliphatic carbocycles. The first-order chi connectivity index (χ1) is 8.68. The monoisotopic (exact) mass is 251 g/mol. The molecule has 0 amide bonds. The lowest BCUT2D eigenvalue weighted by Gasteiger charge is -2.38. The summed E-state index contributed by atoms with van der Waals surface area (Å²) in [4.78, 5) is 0. The fourth-order valence-corrected chi connectivity index (χ4v) is 3.27. The highest BCUT2D eigenvalue weighted by molar-refractivity contribution is 5.05. The van der Waals surface area contributed by atoms with E-state index in [-0.39, 0.29) is 0 Å². The minimum Gasteiger partial charge on any atom is -0.391 e. The quantitative estimate of drug-likeness (QED) is 0.680. The zero-order chi connectivity index (χ0) is 13.4. The Morgan fingerprint density at radius 2 is 1.89 bits per heavy atom. The first-order valence-electron chi connectivity index (χ1n) is 7.77. The molecule has 1 atom stereocenters. The van der Waals surface area contributed by atoms with Crippen molar-refractivity contribution in [1.29, 1.82) is 5.26 Å². The highest BCUT2D eigenvalue weighted by atomic mass is 16.3. The minimum atomic E-state index is -0.433. The number of aliphatic hydroxyl groups excluding tert-OH is 1. The number of hydrogen-bond acceptors (Lipinski definition) is 2. The molecule has 0 heterocycles. The third kappa shape index (κ3) is 3.99. The van der Waals surface area contributed by atoms with E-state index in [4.69, 9.17) is 0 Å². The lowest BCUT2D eigenvalue weighted by Crippen LogP contribution is -2.37. The molecule has 104 valence electrons. The lowest BCUT2D eigenvalue weighted by molar-refractivity contribution is 0.0177. The smallest absolute Gasteiger partial charge is 0.0832 e. The first kappa shape index (κ1) is 15.5. The van der Waals surface area contributed by atoms with Crippen molar-refractivity contribution < 1.29 is 5.11 Å². The van der Waals surface area contributed by atoms with Crippen LogP contribution in [0.2, 0.25) is 0 Å². The van der Waals surface area contributed by atoms with E-state index in [1.165, 1.54) is 19.3 Å². The highest BCUT2D eigenvalue weighted by Gasteiger charge is 2.40. The van der Waals surface area contributed by atoms with Crippen molar-refractivity contribution in [2.75, 3.05) is 0 Å². The fourth-order valence-electron chi connectivity index (χ4n) is 3.27. The summed E-state index contributed by atoms with van der Waals surface area (Å²) >= 11 is 0. The van der Waals surface area contributed by atoms with Gasteiger partial charge in [0, 0.05) is 0 Å². The molecule has 0 spiro atoms. The molecule has 2 nitrogen and oxygen atoms in total. The maximum Gasteiger partial charge on any atom is 0.0832 e. The summed E-state index contributed by atoms with van der Waals surface area (Å²) in [5.74, 6) is 0.791. The lowest BCUT2D eigenvalue weighted by atomic mass is 9.66. The number of unbranched alkanes of at least 4 members (excludes halogenated alkanes) is 2. The van der Waals surface area contributed by atoms with Crippen LogP contribution in [0.25, 0.3) is 0 Å². The largest absolute Gasteiger partial charge is 0.391 e. The Balaban J connectivity index is 2.47. The molecule has 1 rings (SSSR count). The summed E-state index contributed by atoms with van der Waals surface area (Å²) < 4.78 is 0. The molecule has 0 aliphatic heterocycles. The van der Waals surface area contributed by atoms with Crippen molar-refractivity contribution in [2.24, 2.45) is 11.3 Å². The predicted molar refractivity (Wildman–Crippen MR) is 75.1 cm³/mol. The van der Waals surface area contributed by atoms with Gasteiger partial charge in [-0.25, -0.2) is 0 Å². The van der Waals surface area contributed by atoms with Crippen molar-refractivity contribution in [2.45, 2.75) is 84.2 Å². The Bertz CT molecular complexity index is 261. The molecular weight excluding hydrogens is 222 g/mol. The molecule has 0 aromatic carbocycles. The van der Waals surface area contributed by atoms with Gasteiger partial charge in [0.15, 0.2) is 0 Å². The van der Waals surface area contributed by atoms with E-state index in [0.717, 1.165) is 50.9 Å². The van der Waals surface area contributed by atoms with Gasteiger partial charge >= 0.3 is 0 Å². The van der Waals surface area contributed by atoms with Crippen molar-refractivity contribution in [3.8, 4) is 6.07 Å². The molecule has 1 saturated carbocycles. The number of nitrogens with zero attached hydrogens (tertiary/aromatic N) is 1. The third-order valence-corrected chi connectivity index (χ3v) is 4.64. The number of nitriles is 1. The van der Waals surface area contributed by atoms with Gasteiger partial charge in [-0.05, 0) is 38.0 Å². The van der Waals surface area contributed by atoms with Gasteiger partial charge < -0.3 is 5.11 Å². The van der Waals surface area contributed by atoms with Crippen LogP contribution in [0.3, 0.4) is 0 Å². The van der Waals surface area contributed by atoms with Crippen molar-refractivity contribution in [1.82, 2.24) is 0 Å². The van der Waals surface area contributed by atoms with E-state index in [2.05, 4.69) is 19.9 Å². The second-order valence-corrected chi connectivity index (χ2v) is 6.01. The molecule has 0 bridgehead atoms. The number of hydrogen-bond donors (Lipinski definition) is 1. The van der Waals surface area contributed by atoms with Crippen LogP contribution in [0.4, 0.5) is 0 Å². The van der Waals surface area contributed by atoms with Crippen molar-refractivity contribution >= 4 is 0 Å². The van der Waals surface area contributed by atoms with Gasteiger partial charge in [-0.3, -0.25) is 0 Å². The van der Waals surface area contributed by atoms with Gasteiger partial charge in [0.25, 0.3) is 0 Å². The summed E-state index contributed by atoms with van der Waals surface area (Å²) in [6.45, 7) is 4.40. The van der Waals surface area contributed by atoms with Crippen LogP contribution in [0.1, 0.15) is 78.1 Å². The van der Waals surface area contributed by atoms with Crippen LogP contribution in [-0.2, 0) is 0 Å². The normalized spacial score (nSPS) is 29.8. The number of aliphatic hydroxyl groups is 1. The van der Waals surface area contributed by atoms with Gasteiger partial charge in [0.1, 0.15) is 0 Å². The second-order valence-electron chi connectivity index (χ2n) is 6.01. The maximum absolute atomic E-state index is 10.3. The van der Waals surface area contributed by atoms with Gasteiger partial charge in [-0.1, -0.05) is 46.0 Å². The highest BCUT2D eigenvalue weighted by Crippen LogP contribution is 2.43. The van der Waals surface area contributed by atoms with Gasteiger partial charge in [0.05, 0.1) is 17.6 Å². The Kier molecular flexibility index (Phi) is 6.71. The van der Waals surface area contributed by atoms with E-state index < -0.39 is 11.5 Å². The molecule has 1 unspecified atom stereocenters. The van der Waals surface area contributed by atoms with E-state index >= 15 is 0 Å². The SMILES string of the molecule is CCCCCC(O)C1(C#N)CCC(CCC)CC1. The van der Waals surface area contributed by atoms with Crippen LogP contribution >= 0.6 is 0 Å². The predicted octanol–water partition coefficient (Wildman–Crippen LogP) is 4.43.